The van der Waals surface area contributed by atoms with Crippen LogP contribution in [0.1, 0.15) is 9.67 Å². The minimum absolute atomic E-state index is 0.0659. The second kappa shape index (κ2) is 6.95. The fraction of sp³-hybridized carbons (Fsp3) is 0.125. The highest BCUT2D eigenvalue weighted by atomic mass is 35.5. The molecule has 1 aromatic carbocycles. The molecule has 0 aliphatic heterocycles. The smallest absolute Gasteiger partial charge is 0.266 e. The first-order chi connectivity index (χ1) is 11.2. The summed E-state index contributed by atoms with van der Waals surface area (Å²) < 4.78 is 2.14. The highest BCUT2D eigenvalue weighted by Crippen LogP contribution is 2.25. The largest absolute Gasteiger partial charge is 0.394 e. The number of aliphatic hydroxyl groups is 1. The maximum absolute atomic E-state index is 12.3. The Morgan fingerprint density at radius 3 is 2.70 bits per heavy atom. The van der Waals surface area contributed by atoms with E-state index in [4.69, 9.17) is 11.6 Å². The van der Waals surface area contributed by atoms with Gasteiger partial charge in [-0.15, -0.1) is 11.3 Å². The molecule has 5 nitrogen and oxygen atoms in total. The molecule has 1 amide bonds. The van der Waals surface area contributed by atoms with Crippen LogP contribution >= 0.6 is 22.9 Å². The standard InChI is InChI=1S/C16H14ClN3O2S/c17-14-7-6-13(23-14)16(22)18-15-10-12(19-20(15)8-9-21)11-4-2-1-3-5-11/h1-7,10,21H,8-9H2,(H,18,22). The van der Waals surface area contributed by atoms with Crippen molar-refractivity contribution in [1.29, 1.82) is 0 Å². The summed E-state index contributed by atoms with van der Waals surface area (Å²) in [6.45, 7) is 0.233. The highest BCUT2D eigenvalue weighted by Gasteiger charge is 2.14. The number of halogens is 1. The van der Waals surface area contributed by atoms with Crippen LogP contribution in [0.3, 0.4) is 0 Å². The molecule has 3 aromatic rings. The Balaban J connectivity index is 1.88. The predicted octanol–water partition coefficient (Wildman–Crippen LogP) is 3.51. The summed E-state index contributed by atoms with van der Waals surface area (Å²) in [5.74, 6) is 0.285. The van der Waals surface area contributed by atoms with Gasteiger partial charge >= 0.3 is 0 Å². The van der Waals surface area contributed by atoms with Gasteiger partial charge in [-0.05, 0) is 12.1 Å². The fourth-order valence-electron chi connectivity index (χ4n) is 2.15. The number of aliphatic hydroxyl groups excluding tert-OH is 1. The lowest BCUT2D eigenvalue weighted by molar-refractivity contribution is 0.102. The zero-order valence-electron chi connectivity index (χ0n) is 12.1. The summed E-state index contributed by atoms with van der Waals surface area (Å²) in [7, 11) is 0. The van der Waals surface area contributed by atoms with Crippen molar-refractivity contribution in [3.05, 3.63) is 57.7 Å². The zero-order valence-corrected chi connectivity index (χ0v) is 13.6. The average molecular weight is 348 g/mol. The summed E-state index contributed by atoms with van der Waals surface area (Å²) in [6.07, 6.45) is 0. The fourth-order valence-corrected chi connectivity index (χ4v) is 3.09. The van der Waals surface area contributed by atoms with Crippen molar-refractivity contribution in [2.24, 2.45) is 0 Å². The van der Waals surface area contributed by atoms with E-state index in [1.807, 2.05) is 30.3 Å². The van der Waals surface area contributed by atoms with Gasteiger partial charge in [0.1, 0.15) is 5.82 Å². The van der Waals surface area contributed by atoms with E-state index in [2.05, 4.69) is 10.4 Å². The molecular weight excluding hydrogens is 334 g/mol. The van der Waals surface area contributed by atoms with Crippen molar-refractivity contribution in [2.45, 2.75) is 6.54 Å². The number of hydrogen-bond acceptors (Lipinski definition) is 4. The Morgan fingerprint density at radius 1 is 1.26 bits per heavy atom. The summed E-state index contributed by atoms with van der Waals surface area (Å²) in [6, 6.07) is 14.8. The first-order valence-corrected chi connectivity index (χ1v) is 8.17. The average Bonchev–Trinajstić information content (AvgIpc) is 3.16. The Labute approximate surface area is 142 Å². The number of hydrogen-bond donors (Lipinski definition) is 2. The molecule has 0 radical (unpaired) electrons. The molecule has 0 fully saturated rings. The number of amides is 1. The van der Waals surface area contributed by atoms with Crippen molar-refractivity contribution in [2.75, 3.05) is 11.9 Å². The number of carbonyl (C=O) groups excluding carboxylic acids is 1. The van der Waals surface area contributed by atoms with Gasteiger partial charge in [0.05, 0.1) is 28.1 Å². The van der Waals surface area contributed by atoms with Crippen LogP contribution in [-0.4, -0.2) is 27.4 Å². The zero-order chi connectivity index (χ0) is 16.2. The minimum atomic E-state index is -0.249. The lowest BCUT2D eigenvalue weighted by Gasteiger charge is -2.06. The molecule has 2 heterocycles. The lowest BCUT2D eigenvalue weighted by atomic mass is 10.2. The van der Waals surface area contributed by atoms with E-state index >= 15 is 0 Å². The van der Waals surface area contributed by atoms with E-state index in [-0.39, 0.29) is 12.5 Å². The van der Waals surface area contributed by atoms with Crippen molar-refractivity contribution < 1.29 is 9.90 Å². The van der Waals surface area contributed by atoms with E-state index < -0.39 is 0 Å². The lowest BCUT2D eigenvalue weighted by Crippen LogP contribution is -2.15. The second-order valence-corrected chi connectivity index (χ2v) is 6.50. The van der Waals surface area contributed by atoms with Gasteiger partial charge in [-0.3, -0.25) is 4.79 Å². The third-order valence-electron chi connectivity index (χ3n) is 3.20. The Kier molecular flexibility index (Phi) is 4.76. The summed E-state index contributed by atoms with van der Waals surface area (Å²) in [5.41, 5.74) is 1.68. The molecule has 0 saturated carbocycles. The number of rotatable bonds is 5. The summed E-state index contributed by atoms with van der Waals surface area (Å²) in [4.78, 5) is 12.8. The monoisotopic (exact) mass is 347 g/mol. The van der Waals surface area contributed by atoms with Gasteiger partial charge in [-0.1, -0.05) is 41.9 Å². The van der Waals surface area contributed by atoms with Gasteiger partial charge in [0.25, 0.3) is 5.91 Å². The van der Waals surface area contributed by atoms with Gasteiger partial charge in [0.2, 0.25) is 0 Å². The first kappa shape index (κ1) is 15.7. The highest BCUT2D eigenvalue weighted by molar-refractivity contribution is 7.18. The number of nitrogens with one attached hydrogen (secondary N) is 1. The molecular formula is C16H14ClN3O2S. The normalized spacial score (nSPS) is 10.7. The molecule has 0 spiro atoms. The topological polar surface area (TPSA) is 67.2 Å². The van der Waals surface area contributed by atoms with E-state index in [9.17, 15) is 9.90 Å². The van der Waals surface area contributed by atoms with Crippen LogP contribution in [0.25, 0.3) is 11.3 Å². The van der Waals surface area contributed by atoms with Crippen LogP contribution in [0.5, 0.6) is 0 Å². The number of benzene rings is 1. The molecule has 0 atom stereocenters. The van der Waals surface area contributed by atoms with Gasteiger partial charge < -0.3 is 10.4 Å². The number of carbonyl (C=O) groups is 1. The first-order valence-electron chi connectivity index (χ1n) is 6.98. The van der Waals surface area contributed by atoms with Crippen molar-refractivity contribution in [3.63, 3.8) is 0 Å². The summed E-state index contributed by atoms with van der Waals surface area (Å²) in [5, 5.41) is 16.4. The number of nitrogens with zero attached hydrogens (tertiary/aromatic N) is 2. The van der Waals surface area contributed by atoms with Crippen LogP contribution in [0.4, 0.5) is 5.82 Å². The minimum Gasteiger partial charge on any atom is -0.394 e. The number of thiophene rings is 1. The maximum Gasteiger partial charge on any atom is 0.266 e. The Morgan fingerprint density at radius 2 is 2.04 bits per heavy atom. The third-order valence-corrected chi connectivity index (χ3v) is 4.43. The van der Waals surface area contributed by atoms with E-state index in [1.54, 1.807) is 22.9 Å². The molecule has 118 valence electrons. The van der Waals surface area contributed by atoms with Crippen LogP contribution in [0, 0.1) is 0 Å². The summed E-state index contributed by atoms with van der Waals surface area (Å²) >= 11 is 7.07. The Hall–Kier alpha value is -2.15. The van der Waals surface area contributed by atoms with Crippen molar-refractivity contribution >= 4 is 34.7 Å². The molecule has 3 rings (SSSR count). The number of anilines is 1. The van der Waals surface area contributed by atoms with E-state index in [0.29, 0.717) is 21.6 Å². The molecule has 0 bridgehead atoms. The molecule has 0 unspecified atom stereocenters. The molecule has 0 saturated heterocycles. The van der Waals surface area contributed by atoms with Crippen LogP contribution in [0.2, 0.25) is 4.34 Å². The predicted molar refractivity (Wildman–Crippen MR) is 92.0 cm³/mol. The molecule has 23 heavy (non-hydrogen) atoms. The van der Waals surface area contributed by atoms with E-state index in [1.165, 1.54) is 11.3 Å². The molecule has 2 aromatic heterocycles. The Bertz CT molecular complexity index is 814. The number of aromatic nitrogens is 2. The van der Waals surface area contributed by atoms with Crippen LogP contribution in [0.15, 0.2) is 48.5 Å². The maximum atomic E-state index is 12.3. The van der Waals surface area contributed by atoms with E-state index in [0.717, 1.165) is 11.3 Å². The van der Waals surface area contributed by atoms with Crippen molar-refractivity contribution in [1.82, 2.24) is 9.78 Å². The third kappa shape index (κ3) is 3.61. The SMILES string of the molecule is O=C(Nc1cc(-c2ccccc2)nn1CCO)c1ccc(Cl)s1. The second-order valence-electron chi connectivity index (χ2n) is 4.79. The van der Waals surface area contributed by atoms with Crippen LogP contribution < -0.4 is 5.32 Å². The van der Waals surface area contributed by atoms with Crippen molar-refractivity contribution in [3.8, 4) is 11.3 Å². The van der Waals surface area contributed by atoms with Crippen LogP contribution in [-0.2, 0) is 6.54 Å². The quantitative estimate of drug-likeness (QED) is 0.742. The van der Waals surface area contributed by atoms with Gasteiger partial charge in [-0.25, -0.2) is 4.68 Å². The molecule has 0 aliphatic carbocycles. The molecule has 0 aliphatic rings. The van der Waals surface area contributed by atoms with Gasteiger partial charge in [0.15, 0.2) is 0 Å². The van der Waals surface area contributed by atoms with Gasteiger partial charge in [-0.2, -0.15) is 5.10 Å². The van der Waals surface area contributed by atoms with Gasteiger partial charge in [0, 0.05) is 11.6 Å². The molecule has 7 heteroatoms. The molecule has 2 N–H and O–H groups in total.